The number of aliphatic hydroxyl groups is 1. The summed E-state index contributed by atoms with van der Waals surface area (Å²) in [7, 11) is -3.84. The van der Waals surface area contributed by atoms with E-state index in [2.05, 4.69) is 31.3 Å². The van der Waals surface area contributed by atoms with Gasteiger partial charge in [0.2, 0.25) is 5.90 Å². The lowest BCUT2D eigenvalue weighted by atomic mass is 9.84. The van der Waals surface area contributed by atoms with Crippen molar-refractivity contribution in [3.63, 3.8) is 0 Å². The van der Waals surface area contributed by atoms with Crippen molar-refractivity contribution < 1.29 is 27.8 Å². The third-order valence-electron chi connectivity index (χ3n) is 7.87. The van der Waals surface area contributed by atoms with Crippen LogP contribution in [-0.4, -0.2) is 56.4 Å². The van der Waals surface area contributed by atoms with Crippen molar-refractivity contribution >= 4 is 43.3 Å². The molecule has 5 rings (SSSR count). The average Bonchev–Trinajstić information content (AvgIpc) is 3.50. The van der Waals surface area contributed by atoms with Crippen LogP contribution in [0.15, 0.2) is 123 Å². The van der Waals surface area contributed by atoms with Crippen molar-refractivity contribution in [2.24, 2.45) is 10.1 Å². The first kappa shape index (κ1) is 34.6. The molecular weight excluding hydrogens is 698 g/mol. The first-order valence-electron chi connectivity index (χ1n) is 15.3. The van der Waals surface area contributed by atoms with Crippen LogP contribution in [0.3, 0.4) is 0 Å². The Labute approximate surface area is 287 Å². The molecule has 2 N–H and O–H groups in total. The third kappa shape index (κ3) is 8.23. The number of rotatable bonds is 15. The molecule has 0 spiro atoms. The normalized spacial score (nSPS) is 17.1. The van der Waals surface area contributed by atoms with Crippen molar-refractivity contribution in [3.8, 4) is 5.75 Å². The minimum atomic E-state index is -3.84. The Bertz CT molecular complexity index is 1900. The highest BCUT2D eigenvalue weighted by Crippen LogP contribution is 2.46. The van der Waals surface area contributed by atoms with Crippen LogP contribution >= 0.6 is 15.9 Å². The monoisotopic (exact) mass is 731 g/mol. The van der Waals surface area contributed by atoms with Gasteiger partial charge in [-0.3, -0.25) is 4.79 Å². The molecule has 4 aromatic carbocycles. The zero-order valence-electron chi connectivity index (χ0n) is 25.9. The Hall–Kier alpha value is -4.68. The highest BCUT2D eigenvalue weighted by atomic mass is 79.9. The molecule has 0 bridgehead atoms. The van der Waals surface area contributed by atoms with E-state index >= 15 is 0 Å². The van der Waals surface area contributed by atoms with Crippen molar-refractivity contribution in [3.05, 3.63) is 135 Å². The van der Waals surface area contributed by atoms with E-state index in [1.165, 1.54) is 12.1 Å². The van der Waals surface area contributed by atoms with Gasteiger partial charge in [0.25, 0.3) is 5.91 Å². The molecule has 0 unspecified atom stereocenters. The summed E-state index contributed by atoms with van der Waals surface area (Å²) in [6.07, 6.45) is -0.356. The molecule has 1 aliphatic heterocycles. The number of ether oxygens (including phenoxy) is 2. The zero-order valence-corrected chi connectivity index (χ0v) is 28.3. The number of azide groups is 1. The van der Waals surface area contributed by atoms with Gasteiger partial charge >= 0.3 is 0 Å². The molecule has 4 aromatic rings. The minimum Gasteiger partial charge on any atom is -0.494 e. The Morgan fingerprint density at radius 1 is 1.02 bits per heavy atom. The molecule has 0 saturated heterocycles. The predicted molar refractivity (Wildman–Crippen MR) is 186 cm³/mol. The van der Waals surface area contributed by atoms with E-state index in [9.17, 15) is 18.7 Å². The van der Waals surface area contributed by atoms with Crippen LogP contribution in [0.1, 0.15) is 35.6 Å². The van der Waals surface area contributed by atoms with Gasteiger partial charge in [-0.2, -0.15) is 0 Å². The number of hydrogen-bond acceptors (Lipinski definition) is 8. The Morgan fingerprint density at radius 2 is 1.73 bits per heavy atom. The molecule has 48 heavy (non-hydrogen) atoms. The molecule has 248 valence electrons. The summed E-state index contributed by atoms with van der Waals surface area (Å²) >= 11 is 3.43. The van der Waals surface area contributed by atoms with Crippen LogP contribution in [0.5, 0.6) is 5.75 Å². The fraction of sp³-hybridized carbons (Fsp3) is 0.257. The minimum absolute atomic E-state index is 0.00864. The maximum Gasteiger partial charge on any atom is 0.252 e. The van der Waals surface area contributed by atoms with Gasteiger partial charge in [-0.05, 0) is 66.0 Å². The van der Waals surface area contributed by atoms with E-state index in [0.717, 1.165) is 10.0 Å². The van der Waals surface area contributed by atoms with Crippen molar-refractivity contribution in [1.29, 1.82) is 0 Å². The van der Waals surface area contributed by atoms with E-state index in [1.807, 2.05) is 24.3 Å². The quantitative estimate of drug-likeness (QED) is 0.0603. The van der Waals surface area contributed by atoms with Crippen LogP contribution < -0.4 is 10.1 Å². The highest BCUT2D eigenvalue weighted by Gasteiger charge is 2.54. The maximum atomic E-state index is 14.5. The topological polar surface area (TPSA) is 163 Å². The second-order valence-electron chi connectivity index (χ2n) is 11.1. The molecule has 13 heteroatoms. The summed E-state index contributed by atoms with van der Waals surface area (Å²) in [5.74, 6) is -0.239. The fourth-order valence-electron chi connectivity index (χ4n) is 5.36. The number of benzene rings is 4. The molecule has 11 nitrogen and oxygen atoms in total. The SMILES string of the molecule is [N-]=[N+]=Nc1ccccc1[C@H]1OC(c2ccc(OCCCO)cc2)=N[C@@]1(CCS(=O)(=O)c1ccccc1)C(=O)NCCc1ccc(Br)cc1. The predicted octanol–water partition coefficient (Wildman–Crippen LogP) is 6.63. The number of carbonyl (C=O) groups is 1. The molecule has 1 aliphatic rings. The Morgan fingerprint density at radius 3 is 2.44 bits per heavy atom. The van der Waals surface area contributed by atoms with E-state index in [-0.39, 0.29) is 36.1 Å². The molecule has 0 saturated carbocycles. The lowest BCUT2D eigenvalue weighted by Crippen LogP contribution is -2.49. The lowest BCUT2D eigenvalue weighted by Gasteiger charge is -2.31. The largest absolute Gasteiger partial charge is 0.494 e. The fourth-order valence-corrected chi connectivity index (χ4v) is 7.01. The third-order valence-corrected chi connectivity index (χ3v) is 10.1. The van der Waals surface area contributed by atoms with Gasteiger partial charge in [0.1, 0.15) is 5.75 Å². The molecule has 0 fully saturated rings. The van der Waals surface area contributed by atoms with Gasteiger partial charge in [0.15, 0.2) is 21.5 Å². The number of nitrogens with zero attached hydrogens (tertiary/aromatic N) is 4. The molecular formula is C35H34BrN5O6S. The van der Waals surface area contributed by atoms with Crippen molar-refractivity contribution in [1.82, 2.24) is 5.32 Å². The number of aliphatic hydroxyl groups excluding tert-OH is 1. The van der Waals surface area contributed by atoms with Crippen LogP contribution in [0, 0.1) is 0 Å². The van der Waals surface area contributed by atoms with Crippen LogP contribution in [0.25, 0.3) is 10.4 Å². The van der Waals surface area contributed by atoms with E-state index < -0.39 is 33.1 Å². The van der Waals surface area contributed by atoms with E-state index in [1.54, 1.807) is 66.7 Å². The van der Waals surface area contributed by atoms with Gasteiger partial charge < -0.3 is 19.9 Å². The van der Waals surface area contributed by atoms with Crippen LogP contribution in [0.2, 0.25) is 0 Å². The maximum absolute atomic E-state index is 14.5. The first-order chi connectivity index (χ1) is 23.3. The molecule has 0 aromatic heterocycles. The summed E-state index contributed by atoms with van der Waals surface area (Å²) in [6, 6.07) is 29.4. The zero-order chi connectivity index (χ0) is 34.0. The molecule has 1 heterocycles. The number of aliphatic imine (C=N–C) groups is 1. The van der Waals surface area contributed by atoms with Gasteiger partial charge in [-0.1, -0.05) is 75.6 Å². The Kier molecular flexibility index (Phi) is 11.5. The number of amides is 1. The van der Waals surface area contributed by atoms with Gasteiger partial charge in [-0.25, -0.2) is 13.4 Å². The second kappa shape index (κ2) is 15.9. The smallest absolute Gasteiger partial charge is 0.252 e. The summed E-state index contributed by atoms with van der Waals surface area (Å²) in [6.45, 7) is 0.600. The van der Waals surface area contributed by atoms with Gasteiger partial charge in [-0.15, -0.1) is 0 Å². The Balaban J connectivity index is 1.56. The van der Waals surface area contributed by atoms with Crippen molar-refractivity contribution in [2.75, 3.05) is 25.5 Å². The van der Waals surface area contributed by atoms with Gasteiger partial charge in [0, 0.05) is 52.2 Å². The van der Waals surface area contributed by atoms with Crippen molar-refractivity contribution in [2.45, 2.75) is 35.8 Å². The van der Waals surface area contributed by atoms with E-state index in [0.29, 0.717) is 36.3 Å². The second-order valence-corrected chi connectivity index (χ2v) is 14.1. The summed E-state index contributed by atoms with van der Waals surface area (Å²) in [5.41, 5.74) is 9.73. The van der Waals surface area contributed by atoms with Crippen LogP contribution in [-0.2, 0) is 25.8 Å². The number of carbonyl (C=O) groups excluding carboxylic acids is 1. The first-order valence-corrected chi connectivity index (χ1v) is 17.8. The number of halogens is 1. The lowest BCUT2D eigenvalue weighted by molar-refractivity contribution is -0.129. The number of nitrogens with one attached hydrogen (secondary N) is 1. The summed E-state index contributed by atoms with van der Waals surface area (Å²) in [5, 5.41) is 15.9. The number of hydrogen-bond donors (Lipinski definition) is 2. The highest BCUT2D eigenvalue weighted by molar-refractivity contribution is 9.10. The summed E-state index contributed by atoms with van der Waals surface area (Å²) in [4.78, 5) is 22.4. The average molecular weight is 733 g/mol. The molecule has 0 radical (unpaired) electrons. The standard InChI is InChI=1S/C35H34BrN5O6S/c36-27-15-11-25(12-16-27)19-21-38-34(43)35(20-24-48(44,45)29-7-2-1-3-8-29)32(30-9-4-5-10-31(30)40-41-37)47-33(39-35)26-13-17-28(18-14-26)46-23-6-22-42/h1-5,7-18,32,42H,6,19-24H2,(H,38,43)/t32-,35-/m1/s1. The molecule has 1 amide bonds. The van der Waals surface area contributed by atoms with E-state index in [4.69, 9.17) is 19.6 Å². The summed E-state index contributed by atoms with van der Waals surface area (Å²) < 4.78 is 40.2. The molecule has 0 aliphatic carbocycles. The number of sulfone groups is 1. The molecule has 2 atom stereocenters. The van der Waals surface area contributed by atoms with Crippen LogP contribution in [0.4, 0.5) is 5.69 Å². The van der Waals surface area contributed by atoms with Gasteiger partial charge in [0.05, 0.1) is 17.3 Å².